The van der Waals surface area contributed by atoms with Crippen molar-refractivity contribution in [1.29, 1.82) is 5.26 Å². The second-order valence-corrected chi connectivity index (χ2v) is 6.45. The van der Waals surface area contributed by atoms with Crippen LogP contribution in [0.2, 0.25) is 15.1 Å². The molecular formula is C18H12Cl3N3O3. The van der Waals surface area contributed by atoms with Gasteiger partial charge >= 0.3 is 0 Å². The summed E-state index contributed by atoms with van der Waals surface area (Å²) in [6.07, 6.45) is 1.32. The molecule has 0 radical (unpaired) electrons. The maximum absolute atomic E-state index is 12.3. The first-order valence-electron chi connectivity index (χ1n) is 7.39. The molecule has 0 atom stereocenters. The zero-order chi connectivity index (χ0) is 20.0. The van der Waals surface area contributed by atoms with E-state index in [0.29, 0.717) is 16.3 Å². The van der Waals surface area contributed by atoms with E-state index in [2.05, 4.69) is 5.32 Å². The first-order chi connectivity index (χ1) is 12.8. The number of ether oxygens (including phenoxy) is 1. The summed E-state index contributed by atoms with van der Waals surface area (Å²) in [6.45, 7) is -0.387. The third-order valence-electron chi connectivity index (χ3n) is 3.16. The molecule has 0 saturated carbocycles. The molecule has 2 rings (SSSR count). The summed E-state index contributed by atoms with van der Waals surface area (Å²) in [5.74, 6) is -1.21. The van der Waals surface area contributed by atoms with E-state index in [4.69, 9.17) is 45.3 Å². The van der Waals surface area contributed by atoms with Crippen molar-refractivity contribution in [2.24, 2.45) is 5.73 Å². The number of primary amides is 1. The number of carbonyl (C=O) groups excluding carboxylic acids is 2. The molecule has 27 heavy (non-hydrogen) atoms. The average Bonchev–Trinajstić information content (AvgIpc) is 2.60. The van der Waals surface area contributed by atoms with Crippen molar-refractivity contribution >= 4 is 58.4 Å². The van der Waals surface area contributed by atoms with Gasteiger partial charge in [0.2, 0.25) is 0 Å². The summed E-state index contributed by atoms with van der Waals surface area (Å²) >= 11 is 18.0. The quantitative estimate of drug-likeness (QED) is 0.539. The maximum atomic E-state index is 12.3. The van der Waals surface area contributed by atoms with Gasteiger partial charge in [-0.05, 0) is 48.0 Å². The van der Waals surface area contributed by atoms with Gasteiger partial charge in [0.15, 0.2) is 12.4 Å². The van der Waals surface area contributed by atoms with Gasteiger partial charge in [-0.3, -0.25) is 9.59 Å². The number of nitrogens with zero attached hydrogens (tertiary/aromatic N) is 1. The Morgan fingerprint density at radius 3 is 2.26 bits per heavy atom. The number of amides is 2. The van der Waals surface area contributed by atoms with Gasteiger partial charge in [-0.2, -0.15) is 5.26 Å². The Kier molecular flexibility index (Phi) is 7.08. The third kappa shape index (κ3) is 5.90. The molecule has 0 aliphatic heterocycles. The van der Waals surface area contributed by atoms with Gasteiger partial charge in [-0.1, -0.05) is 34.8 Å². The summed E-state index contributed by atoms with van der Waals surface area (Å²) < 4.78 is 5.14. The molecule has 6 nitrogen and oxygen atoms in total. The Balaban J connectivity index is 2.23. The van der Waals surface area contributed by atoms with E-state index in [1.807, 2.05) is 6.07 Å². The number of anilines is 1. The van der Waals surface area contributed by atoms with Crippen molar-refractivity contribution in [3.05, 3.63) is 62.6 Å². The Morgan fingerprint density at radius 2 is 1.74 bits per heavy atom. The van der Waals surface area contributed by atoms with Crippen LogP contribution in [0.4, 0.5) is 5.69 Å². The second-order valence-electron chi connectivity index (χ2n) is 5.20. The molecule has 2 aromatic carbocycles. The zero-order valence-corrected chi connectivity index (χ0v) is 15.9. The average molecular weight is 425 g/mol. The minimum absolute atomic E-state index is 0.0819. The van der Waals surface area contributed by atoms with Crippen LogP contribution in [0.5, 0.6) is 5.75 Å². The highest BCUT2D eigenvalue weighted by Crippen LogP contribution is 2.34. The predicted molar refractivity (Wildman–Crippen MR) is 105 cm³/mol. The molecule has 0 saturated heterocycles. The molecule has 0 unspecified atom stereocenters. The number of nitrogens with one attached hydrogen (secondary N) is 1. The Morgan fingerprint density at radius 1 is 1.15 bits per heavy atom. The Bertz CT molecular complexity index is 928. The molecule has 3 N–H and O–H groups in total. The van der Waals surface area contributed by atoms with Crippen LogP contribution in [0.25, 0.3) is 6.08 Å². The van der Waals surface area contributed by atoms with Crippen LogP contribution in [0.15, 0.2) is 42.0 Å². The van der Waals surface area contributed by atoms with E-state index < -0.39 is 11.8 Å². The van der Waals surface area contributed by atoms with E-state index in [-0.39, 0.29) is 28.0 Å². The lowest BCUT2D eigenvalue weighted by Gasteiger charge is -2.09. The van der Waals surface area contributed by atoms with Crippen molar-refractivity contribution in [2.45, 2.75) is 0 Å². The smallest absolute Gasteiger partial charge is 0.266 e. The fraction of sp³-hybridized carbons (Fsp3) is 0.0556. The summed E-state index contributed by atoms with van der Waals surface area (Å²) in [4.78, 5) is 23.1. The molecule has 0 bridgehead atoms. The van der Waals surface area contributed by atoms with Gasteiger partial charge in [-0.15, -0.1) is 0 Å². The van der Waals surface area contributed by atoms with Crippen molar-refractivity contribution in [1.82, 2.24) is 0 Å². The van der Waals surface area contributed by atoms with Crippen LogP contribution in [-0.2, 0) is 9.59 Å². The molecule has 0 aliphatic carbocycles. The molecular weight excluding hydrogens is 413 g/mol. The van der Waals surface area contributed by atoms with Gasteiger partial charge in [0.05, 0.1) is 10.0 Å². The molecule has 2 amide bonds. The summed E-state index contributed by atoms with van der Waals surface area (Å²) in [7, 11) is 0. The molecule has 0 aromatic heterocycles. The van der Waals surface area contributed by atoms with E-state index >= 15 is 0 Å². The van der Waals surface area contributed by atoms with Crippen molar-refractivity contribution in [3.63, 3.8) is 0 Å². The van der Waals surface area contributed by atoms with Crippen LogP contribution in [-0.4, -0.2) is 18.4 Å². The lowest BCUT2D eigenvalue weighted by molar-refractivity contribution is -0.120. The van der Waals surface area contributed by atoms with Crippen LogP contribution < -0.4 is 15.8 Å². The van der Waals surface area contributed by atoms with Crippen LogP contribution in [0.3, 0.4) is 0 Å². The third-order valence-corrected chi connectivity index (χ3v) is 3.97. The summed E-state index contributed by atoms with van der Waals surface area (Å²) in [5.41, 5.74) is 5.73. The first kappa shape index (κ1) is 20.6. The zero-order valence-electron chi connectivity index (χ0n) is 13.6. The lowest BCUT2D eigenvalue weighted by Crippen LogP contribution is -2.20. The number of nitrogens with two attached hydrogens (primary N) is 1. The van der Waals surface area contributed by atoms with Crippen molar-refractivity contribution in [3.8, 4) is 11.8 Å². The van der Waals surface area contributed by atoms with Crippen LogP contribution in [0, 0.1) is 11.3 Å². The van der Waals surface area contributed by atoms with Crippen molar-refractivity contribution in [2.75, 3.05) is 11.9 Å². The standard InChI is InChI=1S/C18H12Cl3N3O3/c19-12-1-3-13(4-2-12)24-18(26)11(8-22)5-10-6-14(20)17(15(21)7-10)27-9-16(23)25/h1-7H,9H2,(H2,23,25)(H,24,26)/b11-5+. The highest BCUT2D eigenvalue weighted by atomic mass is 35.5. The molecule has 0 fully saturated rings. The van der Waals surface area contributed by atoms with E-state index in [1.165, 1.54) is 18.2 Å². The van der Waals surface area contributed by atoms with E-state index in [0.717, 1.165) is 0 Å². The normalized spacial score (nSPS) is 10.8. The molecule has 9 heteroatoms. The fourth-order valence-corrected chi connectivity index (χ4v) is 2.73. The SMILES string of the molecule is N#C/C(=C\c1cc(Cl)c(OCC(N)=O)c(Cl)c1)C(=O)Nc1ccc(Cl)cc1. The number of rotatable bonds is 6. The van der Waals surface area contributed by atoms with Gasteiger partial charge < -0.3 is 15.8 Å². The van der Waals surface area contributed by atoms with Crippen molar-refractivity contribution < 1.29 is 14.3 Å². The highest BCUT2D eigenvalue weighted by molar-refractivity contribution is 6.37. The van der Waals surface area contributed by atoms with E-state index in [1.54, 1.807) is 24.3 Å². The number of nitriles is 1. The fourth-order valence-electron chi connectivity index (χ4n) is 1.99. The Labute approximate surface area is 170 Å². The first-order valence-corrected chi connectivity index (χ1v) is 8.52. The molecule has 0 aliphatic rings. The summed E-state index contributed by atoms with van der Waals surface area (Å²) in [5, 5.41) is 12.6. The number of hydrogen-bond acceptors (Lipinski definition) is 4. The van der Waals surface area contributed by atoms with Gasteiger partial charge in [-0.25, -0.2) is 0 Å². The largest absolute Gasteiger partial charge is 0.481 e. The minimum Gasteiger partial charge on any atom is -0.481 e. The topological polar surface area (TPSA) is 105 Å². The molecule has 138 valence electrons. The number of benzene rings is 2. The van der Waals surface area contributed by atoms with Gasteiger partial charge in [0, 0.05) is 10.7 Å². The van der Waals surface area contributed by atoms with E-state index in [9.17, 15) is 14.9 Å². The molecule has 0 spiro atoms. The monoisotopic (exact) mass is 423 g/mol. The van der Waals surface area contributed by atoms with Crippen LogP contribution >= 0.6 is 34.8 Å². The highest BCUT2D eigenvalue weighted by Gasteiger charge is 2.13. The number of halogens is 3. The number of carbonyl (C=O) groups is 2. The second kappa shape index (κ2) is 9.28. The maximum Gasteiger partial charge on any atom is 0.266 e. The minimum atomic E-state index is -0.684. The van der Waals surface area contributed by atoms with Gasteiger partial charge in [0.1, 0.15) is 11.6 Å². The van der Waals surface area contributed by atoms with Crippen LogP contribution in [0.1, 0.15) is 5.56 Å². The predicted octanol–water partition coefficient (Wildman–Crippen LogP) is 4.06. The Hall–Kier alpha value is -2.72. The molecule has 0 heterocycles. The number of hydrogen-bond donors (Lipinski definition) is 2. The van der Waals surface area contributed by atoms with Gasteiger partial charge in [0.25, 0.3) is 11.8 Å². The molecule has 2 aromatic rings. The lowest BCUT2D eigenvalue weighted by atomic mass is 10.1. The summed E-state index contributed by atoms with van der Waals surface area (Å²) in [6, 6.07) is 11.1.